The van der Waals surface area contributed by atoms with E-state index < -0.39 is 5.97 Å². The van der Waals surface area contributed by atoms with Gasteiger partial charge in [-0.2, -0.15) is 4.98 Å². The van der Waals surface area contributed by atoms with Gasteiger partial charge in [-0.1, -0.05) is 13.8 Å². The molecular weight excluding hydrogens is 248 g/mol. The molecule has 0 aliphatic heterocycles. The summed E-state index contributed by atoms with van der Waals surface area (Å²) >= 11 is 0. The van der Waals surface area contributed by atoms with Gasteiger partial charge in [0.2, 0.25) is 5.88 Å². The number of carboxylic acid groups (broad SMARTS) is 1. The molecule has 1 N–H and O–H groups in total. The summed E-state index contributed by atoms with van der Waals surface area (Å²) in [6, 6.07) is 3.02. The van der Waals surface area contributed by atoms with Gasteiger partial charge in [0.1, 0.15) is 6.33 Å². The van der Waals surface area contributed by atoms with Gasteiger partial charge in [0.05, 0.1) is 5.56 Å². The minimum Gasteiger partial charge on any atom is -0.478 e. The molecule has 0 bridgehead atoms. The SMILES string of the molecule is CC(C)c1cc(C(=O)O)cc(Oc2ncn(C)n2)n1. The van der Waals surface area contributed by atoms with E-state index in [9.17, 15) is 4.79 Å². The van der Waals surface area contributed by atoms with E-state index in [4.69, 9.17) is 9.84 Å². The van der Waals surface area contributed by atoms with Crippen LogP contribution in [-0.2, 0) is 7.05 Å². The number of rotatable bonds is 4. The first-order valence-corrected chi connectivity index (χ1v) is 5.74. The highest BCUT2D eigenvalue weighted by atomic mass is 16.5. The normalized spacial score (nSPS) is 10.7. The fourth-order valence-electron chi connectivity index (χ4n) is 1.46. The molecule has 2 aromatic rings. The number of pyridine rings is 1. The summed E-state index contributed by atoms with van der Waals surface area (Å²) in [5.41, 5.74) is 0.774. The molecule has 2 aromatic heterocycles. The van der Waals surface area contributed by atoms with E-state index in [-0.39, 0.29) is 23.4 Å². The van der Waals surface area contributed by atoms with Gasteiger partial charge in [-0.25, -0.2) is 9.78 Å². The predicted molar refractivity (Wildman–Crippen MR) is 66.4 cm³/mol. The van der Waals surface area contributed by atoms with Crippen LogP contribution in [0.1, 0.15) is 35.8 Å². The Morgan fingerprint density at radius 2 is 2.16 bits per heavy atom. The molecule has 0 saturated carbocycles. The Morgan fingerprint density at radius 1 is 1.42 bits per heavy atom. The predicted octanol–water partition coefficient (Wildman–Crippen LogP) is 1.82. The highest BCUT2D eigenvalue weighted by molar-refractivity contribution is 5.88. The van der Waals surface area contributed by atoms with Gasteiger partial charge < -0.3 is 9.84 Å². The van der Waals surface area contributed by atoms with Crippen molar-refractivity contribution in [3.63, 3.8) is 0 Å². The van der Waals surface area contributed by atoms with Crippen molar-refractivity contribution in [1.82, 2.24) is 19.7 Å². The van der Waals surface area contributed by atoms with Crippen LogP contribution in [0.15, 0.2) is 18.5 Å². The molecule has 0 aliphatic rings. The lowest BCUT2D eigenvalue weighted by Gasteiger charge is -2.08. The average molecular weight is 262 g/mol. The Balaban J connectivity index is 2.36. The van der Waals surface area contributed by atoms with Crippen LogP contribution in [0.4, 0.5) is 0 Å². The van der Waals surface area contributed by atoms with Crippen molar-refractivity contribution in [3.05, 3.63) is 29.7 Å². The van der Waals surface area contributed by atoms with E-state index in [2.05, 4.69) is 15.1 Å². The maximum absolute atomic E-state index is 11.1. The van der Waals surface area contributed by atoms with Crippen molar-refractivity contribution in [2.45, 2.75) is 19.8 Å². The van der Waals surface area contributed by atoms with Gasteiger partial charge in [-0.15, -0.1) is 5.10 Å². The van der Waals surface area contributed by atoms with Crippen LogP contribution in [0.5, 0.6) is 11.9 Å². The molecule has 2 heterocycles. The quantitative estimate of drug-likeness (QED) is 0.903. The molecule has 0 unspecified atom stereocenters. The van der Waals surface area contributed by atoms with E-state index in [1.54, 1.807) is 7.05 Å². The lowest BCUT2D eigenvalue weighted by molar-refractivity contribution is 0.0696. The molecule has 100 valence electrons. The number of aryl methyl sites for hydroxylation is 1. The minimum atomic E-state index is -1.02. The van der Waals surface area contributed by atoms with E-state index >= 15 is 0 Å². The van der Waals surface area contributed by atoms with Gasteiger partial charge in [-0.05, 0) is 12.0 Å². The molecule has 0 aliphatic carbocycles. The number of ether oxygens (including phenoxy) is 1. The fourth-order valence-corrected chi connectivity index (χ4v) is 1.46. The second-order valence-corrected chi connectivity index (χ2v) is 4.38. The number of hydrogen-bond acceptors (Lipinski definition) is 5. The zero-order valence-corrected chi connectivity index (χ0v) is 10.9. The van der Waals surface area contributed by atoms with Crippen LogP contribution in [0.25, 0.3) is 0 Å². The van der Waals surface area contributed by atoms with Gasteiger partial charge in [0, 0.05) is 18.8 Å². The summed E-state index contributed by atoms with van der Waals surface area (Å²) in [5, 5.41) is 13.0. The first-order valence-electron chi connectivity index (χ1n) is 5.74. The molecule has 0 fully saturated rings. The van der Waals surface area contributed by atoms with E-state index in [1.807, 2.05) is 13.8 Å². The lowest BCUT2D eigenvalue weighted by atomic mass is 10.1. The standard InChI is InChI=1S/C12H14N4O3/c1-7(2)9-4-8(11(17)18)5-10(14-9)19-12-13-6-16(3)15-12/h4-7H,1-3H3,(H,17,18). The summed E-state index contributed by atoms with van der Waals surface area (Å²) in [6.07, 6.45) is 1.49. The van der Waals surface area contributed by atoms with Crippen LogP contribution in [-0.4, -0.2) is 30.8 Å². The molecule has 7 heteroatoms. The third kappa shape index (κ3) is 3.06. The van der Waals surface area contributed by atoms with Crippen molar-refractivity contribution in [3.8, 4) is 11.9 Å². The maximum Gasteiger partial charge on any atom is 0.342 e. The molecule has 0 aromatic carbocycles. The summed E-state index contributed by atoms with van der Waals surface area (Å²) < 4.78 is 6.85. The van der Waals surface area contributed by atoms with Crippen LogP contribution in [0.2, 0.25) is 0 Å². The number of hydrogen-bond donors (Lipinski definition) is 1. The minimum absolute atomic E-state index is 0.0957. The summed E-state index contributed by atoms with van der Waals surface area (Å²) in [6.45, 7) is 3.85. The zero-order valence-electron chi connectivity index (χ0n) is 10.9. The Hall–Kier alpha value is -2.44. The van der Waals surface area contributed by atoms with Gasteiger partial charge >= 0.3 is 12.0 Å². The molecule has 0 spiro atoms. The number of carboxylic acids is 1. The van der Waals surface area contributed by atoms with Crippen LogP contribution in [0.3, 0.4) is 0 Å². The molecule has 0 radical (unpaired) electrons. The lowest BCUT2D eigenvalue weighted by Crippen LogP contribution is -2.03. The summed E-state index contributed by atoms with van der Waals surface area (Å²) in [4.78, 5) is 19.2. The summed E-state index contributed by atoms with van der Waals surface area (Å²) in [7, 11) is 1.71. The van der Waals surface area contributed by atoms with Crippen molar-refractivity contribution in [2.75, 3.05) is 0 Å². The second kappa shape index (κ2) is 5.05. The first kappa shape index (κ1) is 13.0. The molecule has 7 nitrogen and oxygen atoms in total. The van der Waals surface area contributed by atoms with Crippen molar-refractivity contribution >= 4 is 5.97 Å². The van der Waals surface area contributed by atoms with Crippen LogP contribution < -0.4 is 4.74 Å². The smallest absolute Gasteiger partial charge is 0.342 e. The van der Waals surface area contributed by atoms with Gasteiger partial charge in [0.25, 0.3) is 0 Å². The van der Waals surface area contributed by atoms with Crippen molar-refractivity contribution < 1.29 is 14.6 Å². The van der Waals surface area contributed by atoms with Crippen LogP contribution >= 0.6 is 0 Å². The fraction of sp³-hybridized carbons (Fsp3) is 0.333. The average Bonchev–Trinajstić information content (AvgIpc) is 2.74. The molecular formula is C12H14N4O3. The topological polar surface area (TPSA) is 90.1 Å². The molecule has 0 amide bonds. The monoisotopic (exact) mass is 262 g/mol. The van der Waals surface area contributed by atoms with E-state index in [1.165, 1.54) is 23.1 Å². The molecule has 2 rings (SSSR count). The molecule has 19 heavy (non-hydrogen) atoms. The second-order valence-electron chi connectivity index (χ2n) is 4.38. The maximum atomic E-state index is 11.1. The number of carbonyl (C=O) groups is 1. The third-order valence-electron chi connectivity index (χ3n) is 2.43. The largest absolute Gasteiger partial charge is 0.478 e. The summed E-state index contributed by atoms with van der Waals surface area (Å²) in [5.74, 6) is -0.753. The Kier molecular flexibility index (Phi) is 3.46. The number of nitrogens with zero attached hydrogens (tertiary/aromatic N) is 4. The Labute approximate surface area is 109 Å². The first-order chi connectivity index (χ1) is 8.95. The van der Waals surface area contributed by atoms with Crippen molar-refractivity contribution in [2.24, 2.45) is 7.05 Å². The molecule has 0 atom stereocenters. The highest BCUT2D eigenvalue weighted by Gasteiger charge is 2.13. The van der Waals surface area contributed by atoms with Crippen molar-refractivity contribution in [1.29, 1.82) is 0 Å². The Bertz CT molecular complexity index is 607. The molecule has 0 saturated heterocycles. The zero-order chi connectivity index (χ0) is 14.0. The number of aromatic carboxylic acids is 1. The third-order valence-corrected chi connectivity index (χ3v) is 2.43. The highest BCUT2D eigenvalue weighted by Crippen LogP contribution is 2.21. The van der Waals surface area contributed by atoms with Crippen LogP contribution in [0, 0.1) is 0 Å². The van der Waals surface area contributed by atoms with E-state index in [0.29, 0.717) is 5.69 Å². The number of aromatic nitrogens is 4. The van der Waals surface area contributed by atoms with Gasteiger partial charge in [0.15, 0.2) is 0 Å². The van der Waals surface area contributed by atoms with E-state index in [0.717, 1.165) is 0 Å². The van der Waals surface area contributed by atoms with Gasteiger partial charge in [-0.3, -0.25) is 4.68 Å². The Morgan fingerprint density at radius 3 is 2.68 bits per heavy atom.